The van der Waals surface area contributed by atoms with Gasteiger partial charge in [-0.15, -0.1) is 0 Å². The van der Waals surface area contributed by atoms with E-state index in [0.29, 0.717) is 0 Å². The molecule has 58 valence electrons. The van der Waals surface area contributed by atoms with Crippen LogP contribution in [0.25, 0.3) is 0 Å². The summed E-state index contributed by atoms with van der Waals surface area (Å²) in [5, 5.41) is 0.114. The zero-order valence-electron chi connectivity index (χ0n) is 6.00. The second-order valence-corrected chi connectivity index (χ2v) is 4.22. The van der Waals surface area contributed by atoms with Crippen molar-refractivity contribution in [3.05, 3.63) is 28.7 Å². The molecule has 0 spiro atoms. The molecule has 0 unspecified atom stereocenters. The van der Waals surface area contributed by atoms with Crippen LogP contribution in [-0.4, -0.2) is 5.12 Å². The summed E-state index contributed by atoms with van der Waals surface area (Å²) in [5.41, 5.74) is 0. The SMILES string of the molecule is CC(=O)Sc1cccc(Br)c1. The Morgan fingerprint density at radius 2 is 2.27 bits per heavy atom. The standard InChI is InChI=1S/C8H7BrOS/c1-6(10)11-8-4-2-3-7(9)5-8/h2-5H,1H3. The highest BCUT2D eigenvalue weighted by atomic mass is 79.9. The van der Waals surface area contributed by atoms with Crippen molar-refractivity contribution in [2.75, 3.05) is 0 Å². The summed E-state index contributed by atoms with van der Waals surface area (Å²) in [6.45, 7) is 1.56. The topological polar surface area (TPSA) is 17.1 Å². The number of carbonyl (C=O) groups excluding carboxylic acids is 1. The Labute approximate surface area is 78.3 Å². The van der Waals surface area contributed by atoms with Crippen molar-refractivity contribution in [3.63, 3.8) is 0 Å². The van der Waals surface area contributed by atoms with Crippen LogP contribution >= 0.6 is 27.7 Å². The molecule has 0 fully saturated rings. The maximum Gasteiger partial charge on any atom is 0.190 e. The van der Waals surface area contributed by atoms with Crippen LogP contribution in [0.5, 0.6) is 0 Å². The summed E-state index contributed by atoms with van der Waals surface area (Å²) in [7, 11) is 0. The van der Waals surface area contributed by atoms with Crippen LogP contribution in [0.2, 0.25) is 0 Å². The van der Waals surface area contributed by atoms with Gasteiger partial charge in [0.15, 0.2) is 5.12 Å². The van der Waals surface area contributed by atoms with E-state index in [0.717, 1.165) is 9.37 Å². The van der Waals surface area contributed by atoms with Crippen molar-refractivity contribution in [1.29, 1.82) is 0 Å². The van der Waals surface area contributed by atoms with Gasteiger partial charge in [-0.3, -0.25) is 4.79 Å². The monoisotopic (exact) mass is 230 g/mol. The van der Waals surface area contributed by atoms with Gasteiger partial charge in [0.2, 0.25) is 0 Å². The van der Waals surface area contributed by atoms with Crippen LogP contribution in [0.1, 0.15) is 6.92 Å². The van der Waals surface area contributed by atoms with Gasteiger partial charge in [0.25, 0.3) is 0 Å². The molecule has 0 radical (unpaired) electrons. The summed E-state index contributed by atoms with van der Waals surface area (Å²) in [4.78, 5) is 11.7. The van der Waals surface area contributed by atoms with Gasteiger partial charge in [-0.1, -0.05) is 33.8 Å². The molecule has 0 heterocycles. The molecule has 1 rings (SSSR count). The highest BCUT2D eigenvalue weighted by Gasteiger charge is 1.97. The fraction of sp³-hybridized carbons (Fsp3) is 0.125. The zero-order valence-corrected chi connectivity index (χ0v) is 8.41. The van der Waals surface area contributed by atoms with Crippen molar-refractivity contribution < 1.29 is 4.79 Å². The van der Waals surface area contributed by atoms with Crippen molar-refractivity contribution in [2.45, 2.75) is 11.8 Å². The van der Waals surface area contributed by atoms with Crippen molar-refractivity contribution >= 4 is 32.8 Å². The first-order valence-corrected chi connectivity index (χ1v) is 4.73. The van der Waals surface area contributed by atoms with Gasteiger partial charge < -0.3 is 0 Å². The van der Waals surface area contributed by atoms with Gasteiger partial charge >= 0.3 is 0 Å². The number of halogens is 1. The number of thioether (sulfide) groups is 1. The second-order valence-electron chi connectivity index (χ2n) is 2.05. The van der Waals surface area contributed by atoms with E-state index in [9.17, 15) is 4.79 Å². The van der Waals surface area contributed by atoms with Gasteiger partial charge in [0.1, 0.15) is 0 Å². The largest absolute Gasteiger partial charge is 0.287 e. The molecule has 0 aliphatic carbocycles. The van der Waals surface area contributed by atoms with Gasteiger partial charge in [-0.05, 0) is 18.2 Å². The second kappa shape index (κ2) is 3.93. The smallest absolute Gasteiger partial charge is 0.190 e. The van der Waals surface area contributed by atoms with Crippen LogP contribution in [0.4, 0.5) is 0 Å². The number of hydrogen-bond donors (Lipinski definition) is 0. The molecule has 1 aromatic carbocycles. The summed E-state index contributed by atoms with van der Waals surface area (Å²) in [6, 6.07) is 7.68. The van der Waals surface area contributed by atoms with Crippen LogP contribution in [0.15, 0.2) is 33.6 Å². The highest BCUT2D eigenvalue weighted by Crippen LogP contribution is 2.21. The molecule has 0 saturated heterocycles. The molecular weight excluding hydrogens is 224 g/mol. The van der Waals surface area contributed by atoms with Gasteiger partial charge in [-0.2, -0.15) is 0 Å². The maximum atomic E-state index is 10.7. The first-order chi connectivity index (χ1) is 5.18. The average Bonchev–Trinajstić information content (AvgIpc) is 1.85. The van der Waals surface area contributed by atoms with Gasteiger partial charge in [-0.25, -0.2) is 0 Å². The summed E-state index contributed by atoms with van der Waals surface area (Å²) < 4.78 is 1.00. The van der Waals surface area contributed by atoms with Crippen LogP contribution in [0.3, 0.4) is 0 Å². The Morgan fingerprint density at radius 3 is 2.82 bits per heavy atom. The van der Waals surface area contributed by atoms with Crippen molar-refractivity contribution in [3.8, 4) is 0 Å². The number of carbonyl (C=O) groups is 1. The predicted octanol–water partition coefficient (Wildman–Crippen LogP) is 3.09. The van der Waals surface area contributed by atoms with E-state index in [1.54, 1.807) is 6.92 Å². The highest BCUT2D eigenvalue weighted by molar-refractivity contribution is 9.10. The molecule has 0 saturated carbocycles. The van der Waals surface area contributed by atoms with E-state index >= 15 is 0 Å². The molecule has 0 N–H and O–H groups in total. The Bertz CT molecular complexity index is 273. The maximum absolute atomic E-state index is 10.7. The molecule has 0 aromatic heterocycles. The molecule has 0 bridgehead atoms. The van der Waals surface area contributed by atoms with Gasteiger partial charge in [0, 0.05) is 16.3 Å². The Hall–Kier alpha value is -0.280. The summed E-state index contributed by atoms with van der Waals surface area (Å²) in [6.07, 6.45) is 0. The zero-order chi connectivity index (χ0) is 8.27. The molecule has 1 aromatic rings. The minimum absolute atomic E-state index is 0.114. The lowest BCUT2D eigenvalue weighted by atomic mass is 10.4. The molecular formula is C8H7BrOS. The average molecular weight is 231 g/mol. The van der Waals surface area contributed by atoms with E-state index in [2.05, 4.69) is 15.9 Å². The minimum atomic E-state index is 0.114. The lowest BCUT2D eigenvalue weighted by Crippen LogP contribution is -1.79. The molecule has 0 aliphatic rings. The fourth-order valence-electron chi connectivity index (χ4n) is 0.696. The third-order valence-corrected chi connectivity index (χ3v) is 2.33. The van der Waals surface area contributed by atoms with Crippen LogP contribution in [0, 0.1) is 0 Å². The molecule has 0 amide bonds. The summed E-state index contributed by atoms with van der Waals surface area (Å²) in [5.74, 6) is 0. The Morgan fingerprint density at radius 1 is 1.55 bits per heavy atom. The van der Waals surface area contributed by atoms with E-state index in [4.69, 9.17) is 0 Å². The molecule has 1 nitrogen and oxygen atoms in total. The van der Waals surface area contributed by atoms with Crippen LogP contribution < -0.4 is 0 Å². The normalized spacial score (nSPS) is 9.64. The van der Waals surface area contributed by atoms with Gasteiger partial charge in [0.05, 0.1) is 0 Å². The van der Waals surface area contributed by atoms with E-state index in [1.165, 1.54) is 11.8 Å². The van der Waals surface area contributed by atoms with Crippen molar-refractivity contribution in [2.24, 2.45) is 0 Å². The minimum Gasteiger partial charge on any atom is -0.287 e. The molecule has 0 aliphatic heterocycles. The van der Waals surface area contributed by atoms with Crippen LogP contribution in [-0.2, 0) is 4.79 Å². The summed E-state index contributed by atoms with van der Waals surface area (Å²) >= 11 is 4.57. The van der Waals surface area contributed by atoms with E-state index in [1.807, 2.05) is 24.3 Å². The first-order valence-electron chi connectivity index (χ1n) is 3.12. The fourth-order valence-corrected chi connectivity index (χ4v) is 1.91. The molecule has 0 atom stereocenters. The van der Waals surface area contributed by atoms with E-state index in [-0.39, 0.29) is 5.12 Å². The lowest BCUT2D eigenvalue weighted by Gasteiger charge is -1.95. The molecule has 3 heteroatoms. The van der Waals surface area contributed by atoms with Crippen molar-refractivity contribution in [1.82, 2.24) is 0 Å². The third kappa shape index (κ3) is 3.08. The number of hydrogen-bond acceptors (Lipinski definition) is 2. The quantitative estimate of drug-likeness (QED) is 0.691. The number of benzene rings is 1. The predicted molar refractivity (Wildman–Crippen MR) is 50.7 cm³/mol. The Kier molecular flexibility index (Phi) is 3.15. The molecule has 11 heavy (non-hydrogen) atoms. The number of rotatable bonds is 1. The lowest BCUT2D eigenvalue weighted by molar-refractivity contribution is -0.109. The first kappa shape index (κ1) is 8.81. The third-order valence-electron chi connectivity index (χ3n) is 1.06. The van der Waals surface area contributed by atoms with E-state index < -0.39 is 0 Å². The Balaban J connectivity index is 2.79.